The summed E-state index contributed by atoms with van der Waals surface area (Å²) in [4.78, 5) is 17.1. The van der Waals surface area contributed by atoms with Crippen LogP contribution >= 0.6 is 0 Å². The molecule has 2 heterocycles. The van der Waals surface area contributed by atoms with Gasteiger partial charge in [-0.25, -0.2) is 13.9 Å². The van der Waals surface area contributed by atoms with Gasteiger partial charge in [0, 0.05) is 51.0 Å². The van der Waals surface area contributed by atoms with Crippen LogP contribution < -0.4 is 15.1 Å². The van der Waals surface area contributed by atoms with Gasteiger partial charge in [0.1, 0.15) is 5.75 Å². The molecule has 0 unspecified atom stereocenters. The summed E-state index contributed by atoms with van der Waals surface area (Å²) in [5.41, 5.74) is 2.68. The summed E-state index contributed by atoms with van der Waals surface area (Å²) in [5, 5.41) is 9.38. The second kappa shape index (κ2) is 10.4. The molecule has 10 heteroatoms. The van der Waals surface area contributed by atoms with Crippen molar-refractivity contribution in [2.24, 2.45) is 5.92 Å². The number of rotatable bonds is 9. The van der Waals surface area contributed by atoms with E-state index in [1.54, 1.807) is 5.48 Å². The number of sulfonamides is 1. The summed E-state index contributed by atoms with van der Waals surface area (Å²) in [6.45, 7) is 7.84. The van der Waals surface area contributed by atoms with Crippen LogP contribution in [0, 0.1) is 5.92 Å². The quantitative estimate of drug-likeness (QED) is 0.400. The minimum absolute atomic E-state index is 0.205. The van der Waals surface area contributed by atoms with Gasteiger partial charge < -0.3 is 14.5 Å². The Morgan fingerprint density at radius 3 is 2.24 bits per heavy atom. The van der Waals surface area contributed by atoms with Crippen molar-refractivity contribution in [2.75, 3.05) is 50.8 Å². The molecule has 1 aliphatic carbocycles. The van der Waals surface area contributed by atoms with Crippen LogP contribution in [0.15, 0.2) is 24.3 Å². The maximum absolute atomic E-state index is 13.7. The number of hydrogen-bond donors (Lipinski definition) is 2. The first kappa shape index (κ1) is 25.2. The van der Waals surface area contributed by atoms with Crippen molar-refractivity contribution in [2.45, 2.75) is 56.7 Å². The lowest BCUT2D eigenvalue weighted by Crippen LogP contribution is -2.63. The fraction of sp³-hybridized carbons (Fsp3) is 0.708. The Kier molecular flexibility index (Phi) is 7.71. The van der Waals surface area contributed by atoms with E-state index in [0.29, 0.717) is 57.8 Å². The van der Waals surface area contributed by atoms with Crippen LogP contribution in [-0.2, 0) is 14.8 Å². The molecule has 0 spiro atoms. The molecule has 3 fully saturated rings. The second-order valence-corrected chi connectivity index (χ2v) is 12.4. The number of carbonyl (C=O) groups excluding carboxylic acids is 1. The number of piperazine rings is 1. The lowest BCUT2D eigenvalue weighted by molar-refractivity contribution is -0.133. The summed E-state index contributed by atoms with van der Waals surface area (Å²) in [6, 6.07) is 8.43. The molecular formula is C24H38N4O5S. The third-order valence-electron chi connectivity index (χ3n) is 7.42. The zero-order valence-corrected chi connectivity index (χ0v) is 21.1. The maximum Gasteiger partial charge on any atom is 0.266 e. The predicted molar refractivity (Wildman–Crippen MR) is 131 cm³/mol. The number of amides is 1. The van der Waals surface area contributed by atoms with Crippen LogP contribution in [0.5, 0.6) is 5.75 Å². The van der Waals surface area contributed by atoms with Gasteiger partial charge in [0.05, 0.1) is 6.61 Å². The lowest BCUT2D eigenvalue weighted by atomic mass is 9.95. The molecule has 190 valence electrons. The molecule has 0 radical (unpaired) electrons. The van der Waals surface area contributed by atoms with E-state index in [-0.39, 0.29) is 12.8 Å². The third kappa shape index (κ3) is 5.19. The molecule has 0 bridgehead atoms. The van der Waals surface area contributed by atoms with Crippen molar-refractivity contribution in [3.63, 3.8) is 0 Å². The molecule has 1 saturated carbocycles. The summed E-state index contributed by atoms with van der Waals surface area (Å²) in [5.74, 6) is 0.624. The van der Waals surface area contributed by atoms with E-state index in [0.717, 1.165) is 30.7 Å². The SMILES string of the molecule is CC(C)CCOc1ccc(N2CCN(S(=O)(=O)C3(C(=O)NO)CCN(C4CC4)CC3)CC2)cc1. The van der Waals surface area contributed by atoms with E-state index in [1.807, 2.05) is 24.3 Å². The molecule has 9 nitrogen and oxygen atoms in total. The molecule has 1 amide bonds. The first-order valence-electron chi connectivity index (χ1n) is 12.4. The minimum Gasteiger partial charge on any atom is -0.494 e. The fourth-order valence-corrected chi connectivity index (χ4v) is 7.11. The Labute approximate surface area is 203 Å². The minimum atomic E-state index is -3.93. The standard InChI is InChI=1S/C24H38N4O5S/c1-19(2)9-18-33-22-7-5-21(6-8-22)27-14-16-28(17-15-27)34(31,32)24(23(29)25-30)10-12-26(13-11-24)20-3-4-20/h5-8,19-20,30H,3-4,9-18H2,1-2H3,(H,25,29). The van der Waals surface area contributed by atoms with Crippen LogP contribution in [-0.4, -0.2) is 85.4 Å². The Bertz CT molecular complexity index is 933. The zero-order chi connectivity index (χ0) is 24.3. The van der Waals surface area contributed by atoms with Gasteiger partial charge in [-0.3, -0.25) is 10.0 Å². The lowest BCUT2D eigenvalue weighted by Gasteiger charge is -2.44. The molecule has 4 rings (SSSR count). The summed E-state index contributed by atoms with van der Waals surface area (Å²) >= 11 is 0. The van der Waals surface area contributed by atoms with E-state index in [9.17, 15) is 18.4 Å². The van der Waals surface area contributed by atoms with Crippen LogP contribution in [0.3, 0.4) is 0 Å². The highest BCUT2D eigenvalue weighted by Gasteiger charge is 2.55. The van der Waals surface area contributed by atoms with Crippen LogP contribution in [0.4, 0.5) is 5.69 Å². The topological polar surface area (TPSA) is 102 Å². The number of anilines is 1. The molecule has 34 heavy (non-hydrogen) atoms. The Morgan fingerprint density at radius 1 is 1.09 bits per heavy atom. The van der Waals surface area contributed by atoms with Crippen LogP contribution in [0.1, 0.15) is 46.0 Å². The van der Waals surface area contributed by atoms with Gasteiger partial charge in [-0.1, -0.05) is 13.8 Å². The van der Waals surface area contributed by atoms with E-state index in [2.05, 4.69) is 23.6 Å². The van der Waals surface area contributed by atoms with Crippen molar-refractivity contribution in [1.82, 2.24) is 14.7 Å². The predicted octanol–water partition coefficient (Wildman–Crippen LogP) is 2.07. The number of hydroxylamine groups is 1. The molecule has 2 N–H and O–H groups in total. The summed E-state index contributed by atoms with van der Waals surface area (Å²) in [6.07, 6.45) is 3.69. The maximum atomic E-state index is 13.7. The largest absolute Gasteiger partial charge is 0.494 e. The Morgan fingerprint density at radius 2 is 1.71 bits per heavy atom. The Balaban J connectivity index is 1.37. The number of nitrogens with one attached hydrogen (secondary N) is 1. The van der Waals surface area contributed by atoms with Gasteiger partial charge >= 0.3 is 0 Å². The van der Waals surface area contributed by atoms with Gasteiger partial charge in [-0.05, 0) is 62.3 Å². The summed E-state index contributed by atoms with van der Waals surface area (Å²) < 4.78 is 33.0. The van der Waals surface area contributed by atoms with E-state index >= 15 is 0 Å². The number of benzene rings is 1. The van der Waals surface area contributed by atoms with E-state index < -0.39 is 20.7 Å². The van der Waals surface area contributed by atoms with E-state index in [4.69, 9.17) is 4.74 Å². The molecule has 1 aromatic carbocycles. The highest BCUT2D eigenvalue weighted by Crippen LogP contribution is 2.38. The molecule has 0 atom stereocenters. The highest BCUT2D eigenvalue weighted by molar-refractivity contribution is 7.91. The molecule has 1 aromatic rings. The molecule has 2 aliphatic heterocycles. The monoisotopic (exact) mass is 494 g/mol. The number of carbonyl (C=O) groups is 1. The number of nitrogens with zero attached hydrogens (tertiary/aromatic N) is 3. The second-order valence-electron chi connectivity index (χ2n) is 10.1. The summed E-state index contributed by atoms with van der Waals surface area (Å²) in [7, 11) is -3.93. The van der Waals surface area contributed by atoms with Crippen LogP contribution in [0.2, 0.25) is 0 Å². The first-order chi connectivity index (χ1) is 16.3. The molecule has 3 aliphatic rings. The van der Waals surface area contributed by atoms with Crippen molar-refractivity contribution < 1.29 is 23.2 Å². The smallest absolute Gasteiger partial charge is 0.266 e. The van der Waals surface area contributed by atoms with Crippen molar-refractivity contribution >= 4 is 21.6 Å². The number of ether oxygens (including phenoxy) is 1. The first-order valence-corrected chi connectivity index (χ1v) is 13.9. The Hall–Kier alpha value is -1.88. The molecular weight excluding hydrogens is 456 g/mol. The van der Waals surface area contributed by atoms with E-state index in [1.165, 1.54) is 4.31 Å². The number of piperidine rings is 1. The van der Waals surface area contributed by atoms with Crippen molar-refractivity contribution in [3.8, 4) is 5.75 Å². The normalized spacial score (nSPS) is 22.1. The fourth-order valence-electron chi connectivity index (χ4n) is 4.99. The van der Waals surface area contributed by atoms with Crippen LogP contribution in [0.25, 0.3) is 0 Å². The molecule has 2 saturated heterocycles. The number of likely N-dealkylation sites (tertiary alicyclic amines) is 1. The average molecular weight is 495 g/mol. The van der Waals surface area contributed by atoms with Gasteiger partial charge in [-0.2, -0.15) is 4.31 Å². The van der Waals surface area contributed by atoms with Gasteiger partial charge in [-0.15, -0.1) is 0 Å². The average Bonchev–Trinajstić information content (AvgIpc) is 3.69. The zero-order valence-electron chi connectivity index (χ0n) is 20.3. The van der Waals surface area contributed by atoms with Crippen molar-refractivity contribution in [3.05, 3.63) is 24.3 Å². The van der Waals surface area contributed by atoms with Gasteiger partial charge in [0.2, 0.25) is 10.0 Å². The van der Waals surface area contributed by atoms with Crippen molar-refractivity contribution in [1.29, 1.82) is 0 Å². The number of hydrogen-bond acceptors (Lipinski definition) is 7. The third-order valence-corrected chi connectivity index (χ3v) is 10.0. The van der Waals surface area contributed by atoms with Gasteiger partial charge in [0.25, 0.3) is 5.91 Å². The molecule has 0 aromatic heterocycles. The highest BCUT2D eigenvalue weighted by atomic mass is 32.2. The van der Waals surface area contributed by atoms with Gasteiger partial charge in [0.15, 0.2) is 4.75 Å².